The van der Waals surface area contributed by atoms with Crippen LogP contribution in [0.3, 0.4) is 0 Å². The van der Waals surface area contributed by atoms with Crippen LogP contribution in [0.25, 0.3) is 0 Å². The van der Waals surface area contributed by atoms with E-state index in [4.69, 9.17) is 5.11 Å². The summed E-state index contributed by atoms with van der Waals surface area (Å²) >= 11 is 0. The van der Waals surface area contributed by atoms with E-state index >= 15 is 0 Å². The second-order valence-electron chi connectivity index (χ2n) is 4.09. The van der Waals surface area contributed by atoms with Crippen LogP contribution in [0.15, 0.2) is 0 Å². The topological polar surface area (TPSA) is 32.3 Å². The van der Waals surface area contributed by atoms with E-state index in [9.17, 15) is 0 Å². The van der Waals surface area contributed by atoms with Gasteiger partial charge in [-0.2, -0.15) is 0 Å². The third-order valence-corrected chi connectivity index (χ3v) is 3.04. The van der Waals surface area contributed by atoms with Crippen molar-refractivity contribution in [2.24, 2.45) is 11.8 Å². The number of hydrogen-bond donors (Lipinski definition) is 2. The lowest BCUT2D eigenvalue weighted by Crippen LogP contribution is -2.43. The molecule has 0 heterocycles. The Morgan fingerprint density at radius 1 is 1.25 bits per heavy atom. The van der Waals surface area contributed by atoms with Crippen LogP contribution in [0.5, 0.6) is 0 Å². The van der Waals surface area contributed by atoms with Crippen LogP contribution in [0.1, 0.15) is 33.1 Å². The van der Waals surface area contributed by atoms with Crippen molar-refractivity contribution >= 4 is 0 Å². The van der Waals surface area contributed by atoms with Gasteiger partial charge in [-0.25, -0.2) is 0 Å². The molecule has 0 amide bonds. The van der Waals surface area contributed by atoms with Crippen LogP contribution in [-0.2, 0) is 0 Å². The second kappa shape index (κ2) is 4.83. The quantitative estimate of drug-likeness (QED) is 0.672. The Morgan fingerprint density at radius 2 is 1.83 bits per heavy atom. The predicted molar refractivity (Wildman–Crippen MR) is 51.1 cm³/mol. The molecule has 2 unspecified atom stereocenters. The van der Waals surface area contributed by atoms with Crippen molar-refractivity contribution in [3.63, 3.8) is 0 Å². The van der Waals surface area contributed by atoms with Crippen molar-refractivity contribution in [1.29, 1.82) is 0 Å². The smallest absolute Gasteiger partial charge is 0.0556 e. The molecule has 2 heteroatoms. The van der Waals surface area contributed by atoms with Crippen molar-refractivity contribution in [3.8, 4) is 0 Å². The molecule has 0 aromatic carbocycles. The average molecular weight is 171 g/mol. The second-order valence-corrected chi connectivity index (χ2v) is 4.09. The summed E-state index contributed by atoms with van der Waals surface area (Å²) in [5.74, 6) is 1.56. The van der Waals surface area contributed by atoms with Crippen LogP contribution in [0, 0.1) is 11.8 Å². The molecule has 2 N–H and O–H groups in total. The van der Waals surface area contributed by atoms with E-state index in [1.807, 2.05) is 0 Å². The summed E-state index contributed by atoms with van der Waals surface area (Å²) in [7, 11) is 0. The Kier molecular flexibility index (Phi) is 4.02. The summed E-state index contributed by atoms with van der Waals surface area (Å²) in [5.41, 5.74) is 0. The van der Waals surface area contributed by atoms with E-state index in [2.05, 4.69) is 19.2 Å². The van der Waals surface area contributed by atoms with E-state index in [0.717, 1.165) is 18.4 Å². The molecule has 12 heavy (non-hydrogen) atoms. The number of rotatable bonds is 3. The SMILES string of the molecule is CC1CCCC(C)C1NCCO. The molecule has 0 aromatic heterocycles. The maximum atomic E-state index is 8.71. The van der Waals surface area contributed by atoms with E-state index in [-0.39, 0.29) is 6.61 Å². The first-order chi connectivity index (χ1) is 5.75. The van der Waals surface area contributed by atoms with Crippen molar-refractivity contribution < 1.29 is 5.11 Å². The molecule has 1 saturated carbocycles. The lowest BCUT2D eigenvalue weighted by Gasteiger charge is -2.35. The van der Waals surface area contributed by atoms with Crippen LogP contribution >= 0.6 is 0 Å². The van der Waals surface area contributed by atoms with Crippen LogP contribution in [-0.4, -0.2) is 24.3 Å². The fourth-order valence-corrected chi connectivity index (χ4v) is 2.32. The highest BCUT2D eigenvalue weighted by molar-refractivity contribution is 4.82. The summed E-state index contributed by atoms with van der Waals surface area (Å²) in [6, 6.07) is 0.630. The first-order valence-electron chi connectivity index (χ1n) is 5.10. The number of hydrogen-bond acceptors (Lipinski definition) is 2. The van der Waals surface area contributed by atoms with Gasteiger partial charge >= 0.3 is 0 Å². The van der Waals surface area contributed by atoms with E-state index in [1.54, 1.807) is 0 Å². The highest BCUT2D eigenvalue weighted by Crippen LogP contribution is 2.28. The Bertz CT molecular complexity index is 117. The minimum Gasteiger partial charge on any atom is -0.395 e. The summed E-state index contributed by atoms with van der Waals surface area (Å²) in [6.45, 7) is 5.63. The average Bonchev–Trinajstić information content (AvgIpc) is 2.04. The normalized spacial score (nSPS) is 36.8. The zero-order chi connectivity index (χ0) is 8.97. The van der Waals surface area contributed by atoms with Gasteiger partial charge in [0.25, 0.3) is 0 Å². The fourth-order valence-electron chi connectivity index (χ4n) is 2.32. The molecular weight excluding hydrogens is 150 g/mol. The van der Waals surface area contributed by atoms with Gasteiger partial charge in [-0.15, -0.1) is 0 Å². The third kappa shape index (κ3) is 2.46. The molecule has 0 saturated heterocycles. The molecule has 0 radical (unpaired) electrons. The molecule has 1 aliphatic rings. The van der Waals surface area contributed by atoms with E-state index in [0.29, 0.717) is 6.04 Å². The van der Waals surface area contributed by atoms with Gasteiger partial charge in [-0.1, -0.05) is 20.3 Å². The standard InChI is InChI=1S/C10H21NO/c1-8-4-3-5-9(2)10(8)11-6-7-12/h8-12H,3-7H2,1-2H3. The van der Waals surface area contributed by atoms with E-state index < -0.39 is 0 Å². The van der Waals surface area contributed by atoms with Gasteiger partial charge in [0, 0.05) is 12.6 Å². The van der Waals surface area contributed by atoms with Crippen LogP contribution < -0.4 is 5.32 Å². The Hall–Kier alpha value is -0.0800. The van der Waals surface area contributed by atoms with Crippen molar-refractivity contribution in [3.05, 3.63) is 0 Å². The molecule has 0 spiro atoms. The summed E-state index contributed by atoms with van der Waals surface area (Å²) in [4.78, 5) is 0. The molecule has 0 aromatic rings. The third-order valence-electron chi connectivity index (χ3n) is 3.04. The fraction of sp³-hybridized carbons (Fsp3) is 1.00. The van der Waals surface area contributed by atoms with E-state index in [1.165, 1.54) is 19.3 Å². The first-order valence-corrected chi connectivity index (χ1v) is 5.10. The number of nitrogens with one attached hydrogen (secondary N) is 1. The van der Waals surface area contributed by atoms with Gasteiger partial charge in [0.15, 0.2) is 0 Å². The molecule has 1 aliphatic carbocycles. The summed E-state index contributed by atoms with van der Waals surface area (Å²) in [5, 5.41) is 12.1. The highest BCUT2D eigenvalue weighted by Gasteiger charge is 2.26. The minimum absolute atomic E-state index is 0.260. The molecule has 0 aliphatic heterocycles. The Labute approximate surface area is 75.4 Å². The highest BCUT2D eigenvalue weighted by atomic mass is 16.3. The lowest BCUT2D eigenvalue weighted by molar-refractivity contribution is 0.193. The van der Waals surface area contributed by atoms with Crippen molar-refractivity contribution in [2.45, 2.75) is 39.2 Å². The molecule has 2 atom stereocenters. The number of aliphatic hydroxyl groups is 1. The van der Waals surface area contributed by atoms with Gasteiger partial charge in [-0.3, -0.25) is 0 Å². The van der Waals surface area contributed by atoms with Crippen molar-refractivity contribution in [2.75, 3.05) is 13.2 Å². The summed E-state index contributed by atoms with van der Waals surface area (Å²) < 4.78 is 0. The maximum absolute atomic E-state index is 8.71. The summed E-state index contributed by atoms with van der Waals surface area (Å²) in [6.07, 6.45) is 4.06. The predicted octanol–water partition coefficient (Wildman–Crippen LogP) is 1.39. The largest absolute Gasteiger partial charge is 0.395 e. The molecule has 2 nitrogen and oxygen atoms in total. The molecule has 0 bridgehead atoms. The maximum Gasteiger partial charge on any atom is 0.0556 e. The zero-order valence-corrected chi connectivity index (χ0v) is 8.21. The van der Waals surface area contributed by atoms with Gasteiger partial charge in [0.05, 0.1) is 6.61 Å². The van der Waals surface area contributed by atoms with Crippen molar-refractivity contribution in [1.82, 2.24) is 5.32 Å². The number of aliphatic hydroxyl groups excluding tert-OH is 1. The van der Waals surface area contributed by atoms with Gasteiger partial charge in [0.1, 0.15) is 0 Å². The van der Waals surface area contributed by atoms with Crippen LogP contribution in [0.2, 0.25) is 0 Å². The molecular formula is C10H21NO. The minimum atomic E-state index is 0.260. The molecule has 1 rings (SSSR count). The van der Waals surface area contributed by atoms with Gasteiger partial charge in [0.2, 0.25) is 0 Å². The first kappa shape index (κ1) is 10.0. The molecule has 1 fully saturated rings. The van der Waals surface area contributed by atoms with Crippen LogP contribution in [0.4, 0.5) is 0 Å². The van der Waals surface area contributed by atoms with Gasteiger partial charge in [-0.05, 0) is 24.7 Å². The monoisotopic (exact) mass is 171 g/mol. The molecule has 72 valence electrons. The Morgan fingerprint density at radius 3 is 2.33 bits per heavy atom. The van der Waals surface area contributed by atoms with Gasteiger partial charge < -0.3 is 10.4 Å². The Balaban J connectivity index is 2.34. The lowest BCUT2D eigenvalue weighted by atomic mass is 9.79. The zero-order valence-electron chi connectivity index (χ0n) is 8.21.